The Hall–Kier alpha value is -2.18. The summed E-state index contributed by atoms with van der Waals surface area (Å²) in [5.41, 5.74) is 1.68. The molecule has 1 aliphatic heterocycles. The minimum absolute atomic E-state index is 0.108. The van der Waals surface area contributed by atoms with E-state index in [1.54, 1.807) is 25.0 Å². The molecule has 1 N–H and O–H groups in total. The molecule has 6 heteroatoms. The molecule has 0 saturated carbocycles. The molecule has 1 heterocycles. The number of hydrogen-bond donors (Lipinski definition) is 1. The van der Waals surface area contributed by atoms with Crippen LogP contribution in [0.15, 0.2) is 53.4 Å². The van der Waals surface area contributed by atoms with Crippen LogP contribution in [0.4, 0.5) is 4.79 Å². The fraction of sp³-hybridized carbons (Fsp3) is 0.480. The van der Waals surface area contributed by atoms with Gasteiger partial charge in [0, 0.05) is 41.3 Å². The summed E-state index contributed by atoms with van der Waals surface area (Å²) < 4.78 is 17.5. The smallest absolute Gasteiger partial charge is 0.410 e. The lowest BCUT2D eigenvalue weighted by molar-refractivity contribution is -0.0977. The molecule has 0 aromatic heterocycles. The van der Waals surface area contributed by atoms with Gasteiger partial charge in [-0.1, -0.05) is 43.3 Å². The number of benzene rings is 2. The van der Waals surface area contributed by atoms with Gasteiger partial charge in [-0.25, -0.2) is 4.79 Å². The standard InChI is InChI=1S/C25H33NO4S/c1-6-25(17-24(3,4)28)15-16-26(23(27)30-25)18(2)19-7-9-20(10-8-19)21-11-13-22(14-12-21)31(5)29/h7-14,18,28H,6,15-17H2,1-5H3/t18?,25-,31?/m0/s1. The van der Waals surface area contributed by atoms with Crippen LogP contribution in [0, 0.1) is 0 Å². The largest absolute Gasteiger partial charge is 0.443 e. The van der Waals surface area contributed by atoms with Gasteiger partial charge in [0.15, 0.2) is 0 Å². The zero-order valence-corrected chi connectivity index (χ0v) is 19.9. The van der Waals surface area contributed by atoms with E-state index in [4.69, 9.17) is 4.74 Å². The van der Waals surface area contributed by atoms with Crippen LogP contribution in [0.3, 0.4) is 0 Å². The van der Waals surface area contributed by atoms with Gasteiger partial charge in [0.05, 0.1) is 11.6 Å². The van der Waals surface area contributed by atoms with Gasteiger partial charge in [0.1, 0.15) is 5.60 Å². The van der Waals surface area contributed by atoms with E-state index in [-0.39, 0.29) is 12.1 Å². The number of hydrogen-bond acceptors (Lipinski definition) is 4. The Morgan fingerprint density at radius 2 is 1.68 bits per heavy atom. The molecule has 168 valence electrons. The SMILES string of the molecule is CC[C@@]1(CC(C)(C)O)CCN(C(C)c2ccc(-c3ccc(S(C)=O)cc3)cc2)C(=O)O1. The second-order valence-corrected chi connectivity index (χ2v) is 10.5. The lowest BCUT2D eigenvalue weighted by Gasteiger charge is -2.45. The van der Waals surface area contributed by atoms with Crippen molar-refractivity contribution in [3.8, 4) is 11.1 Å². The number of cyclic esters (lactones) is 1. The van der Waals surface area contributed by atoms with Crippen LogP contribution in [-0.4, -0.2) is 44.3 Å². The number of carbonyl (C=O) groups excluding carboxylic acids is 1. The Morgan fingerprint density at radius 1 is 1.13 bits per heavy atom. The predicted octanol–water partition coefficient (Wildman–Crippen LogP) is 5.30. The van der Waals surface area contributed by atoms with E-state index in [2.05, 4.69) is 0 Å². The van der Waals surface area contributed by atoms with Crippen molar-refractivity contribution in [2.45, 2.75) is 69.1 Å². The summed E-state index contributed by atoms with van der Waals surface area (Å²) in [5.74, 6) is 0. The van der Waals surface area contributed by atoms with Crippen molar-refractivity contribution in [1.82, 2.24) is 4.90 Å². The van der Waals surface area contributed by atoms with Gasteiger partial charge in [0.2, 0.25) is 0 Å². The summed E-state index contributed by atoms with van der Waals surface area (Å²) in [7, 11) is -0.985. The van der Waals surface area contributed by atoms with E-state index in [9.17, 15) is 14.1 Å². The summed E-state index contributed by atoms with van der Waals surface area (Å²) in [6, 6.07) is 15.8. The Balaban J connectivity index is 1.71. The number of ether oxygens (including phenoxy) is 1. The number of rotatable bonds is 7. The monoisotopic (exact) mass is 443 g/mol. The first kappa shape index (κ1) is 23.5. The molecule has 2 aromatic rings. The van der Waals surface area contributed by atoms with E-state index in [0.717, 1.165) is 21.6 Å². The summed E-state index contributed by atoms with van der Waals surface area (Å²) in [6.07, 6.45) is 3.17. The highest BCUT2D eigenvalue weighted by atomic mass is 32.2. The predicted molar refractivity (Wildman–Crippen MR) is 124 cm³/mol. The molecule has 0 aliphatic carbocycles. The maximum absolute atomic E-state index is 12.8. The Labute approximate surface area is 187 Å². The molecular weight excluding hydrogens is 410 g/mol. The second-order valence-electron chi connectivity index (χ2n) is 9.11. The molecule has 3 atom stereocenters. The topological polar surface area (TPSA) is 66.8 Å². The minimum atomic E-state index is -0.985. The molecule has 31 heavy (non-hydrogen) atoms. The average molecular weight is 444 g/mol. The number of carbonyl (C=O) groups is 1. The molecule has 1 amide bonds. The van der Waals surface area contributed by atoms with Gasteiger partial charge in [-0.05, 0) is 56.0 Å². The van der Waals surface area contributed by atoms with E-state index in [0.29, 0.717) is 25.8 Å². The van der Waals surface area contributed by atoms with Gasteiger partial charge in [-0.3, -0.25) is 4.21 Å². The second kappa shape index (κ2) is 9.13. The van der Waals surface area contributed by atoms with Gasteiger partial charge >= 0.3 is 6.09 Å². The Bertz CT molecular complexity index is 933. The molecule has 2 aromatic carbocycles. The highest BCUT2D eigenvalue weighted by Gasteiger charge is 2.43. The first-order valence-electron chi connectivity index (χ1n) is 10.8. The first-order chi connectivity index (χ1) is 14.5. The molecule has 0 bridgehead atoms. The molecule has 0 radical (unpaired) electrons. The summed E-state index contributed by atoms with van der Waals surface area (Å²) in [4.78, 5) is 15.4. The quantitative estimate of drug-likeness (QED) is 0.630. The molecule has 1 fully saturated rings. The summed E-state index contributed by atoms with van der Waals surface area (Å²) in [5, 5.41) is 10.2. The molecule has 0 spiro atoms. The maximum Gasteiger partial charge on any atom is 0.410 e. The van der Waals surface area contributed by atoms with Gasteiger partial charge in [-0.2, -0.15) is 0 Å². The van der Waals surface area contributed by atoms with Crippen LogP contribution < -0.4 is 0 Å². The number of aliphatic hydroxyl groups is 1. The molecule has 3 rings (SSSR count). The van der Waals surface area contributed by atoms with Gasteiger partial charge in [-0.15, -0.1) is 0 Å². The minimum Gasteiger partial charge on any atom is -0.443 e. The third-order valence-electron chi connectivity index (χ3n) is 6.13. The zero-order valence-electron chi connectivity index (χ0n) is 19.1. The molecular formula is C25H33NO4S. The van der Waals surface area contributed by atoms with Gasteiger partial charge < -0.3 is 14.7 Å². The van der Waals surface area contributed by atoms with E-state index >= 15 is 0 Å². The normalized spacial score (nSPS) is 21.5. The zero-order chi connectivity index (χ0) is 22.8. The van der Waals surface area contributed by atoms with Crippen molar-refractivity contribution in [3.05, 3.63) is 54.1 Å². The molecule has 2 unspecified atom stereocenters. The highest BCUT2D eigenvalue weighted by Crippen LogP contribution is 2.37. The number of nitrogens with zero attached hydrogens (tertiary/aromatic N) is 1. The fourth-order valence-corrected chi connectivity index (χ4v) is 4.84. The van der Waals surface area contributed by atoms with Crippen molar-refractivity contribution in [1.29, 1.82) is 0 Å². The lowest BCUT2D eigenvalue weighted by Crippen LogP contribution is -2.52. The maximum atomic E-state index is 12.8. The van der Waals surface area contributed by atoms with Crippen LogP contribution in [-0.2, 0) is 15.5 Å². The molecule has 1 aliphatic rings. The fourth-order valence-electron chi connectivity index (χ4n) is 4.32. The lowest BCUT2D eigenvalue weighted by atomic mass is 9.83. The van der Waals surface area contributed by atoms with Crippen LogP contribution in [0.25, 0.3) is 11.1 Å². The van der Waals surface area contributed by atoms with Crippen molar-refractivity contribution in [2.24, 2.45) is 0 Å². The third-order valence-corrected chi connectivity index (χ3v) is 7.06. The van der Waals surface area contributed by atoms with Crippen molar-refractivity contribution < 1.29 is 18.8 Å². The van der Waals surface area contributed by atoms with Crippen molar-refractivity contribution in [3.63, 3.8) is 0 Å². The van der Waals surface area contributed by atoms with E-state index in [1.807, 2.05) is 62.4 Å². The molecule has 5 nitrogen and oxygen atoms in total. The van der Waals surface area contributed by atoms with Crippen LogP contribution in [0.2, 0.25) is 0 Å². The third kappa shape index (κ3) is 5.55. The van der Waals surface area contributed by atoms with E-state index in [1.165, 1.54) is 0 Å². The Kier molecular flexibility index (Phi) is 6.92. The van der Waals surface area contributed by atoms with Crippen LogP contribution >= 0.6 is 0 Å². The first-order valence-corrected chi connectivity index (χ1v) is 12.4. The number of amides is 1. The summed E-state index contributed by atoms with van der Waals surface area (Å²) in [6.45, 7) is 8.12. The van der Waals surface area contributed by atoms with Gasteiger partial charge in [0.25, 0.3) is 0 Å². The van der Waals surface area contributed by atoms with Crippen molar-refractivity contribution in [2.75, 3.05) is 12.8 Å². The highest BCUT2D eigenvalue weighted by molar-refractivity contribution is 7.84. The Morgan fingerprint density at radius 3 is 2.13 bits per heavy atom. The van der Waals surface area contributed by atoms with Crippen LogP contribution in [0.5, 0.6) is 0 Å². The summed E-state index contributed by atoms with van der Waals surface area (Å²) >= 11 is 0. The van der Waals surface area contributed by atoms with E-state index < -0.39 is 22.0 Å². The average Bonchev–Trinajstić information content (AvgIpc) is 2.72. The van der Waals surface area contributed by atoms with Crippen molar-refractivity contribution >= 4 is 16.9 Å². The van der Waals surface area contributed by atoms with Crippen LogP contribution in [0.1, 0.15) is 58.6 Å². The molecule has 1 saturated heterocycles.